The highest BCUT2D eigenvalue weighted by atomic mass is 16.5. The third-order valence-electron chi connectivity index (χ3n) is 12.8. The Morgan fingerprint density at radius 2 is 0.774 bits per heavy atom. The normalized spacial score (nSPS) is 13.3. The fraction of sp³-hybridized carbons (Fsp3) is 0.893. The summed E-state index contributed by atoms with van der Waals surface area (Å²) >= 11 is 0. The van der Waals surface area contributed by atoms with Crippen molar-refractivity contribution >= 4 is 11.9 Å². The number of carbonyl (C=O) groups excluding carboxylic acids is 2. The molecule has 0 rings (SSSR count). The SMILES string of the molecule is CCCCCC/C=C\CCCCCCCCCC(=O)OC(CCCCCCC/C=C\CCCCCC)CC(=O)NC(CO)C(O)CCCCCCCCCCCCCCCCC. The van der Waals surface area contributed by atoms with Gasteiger partial charge in [0.15, 0.2) is 0 Å². The van der Waals surface area contributed by atoms with Crippen molar-refractivity contribution in [2.45, 2.75) is 315 Å². The molecule has 6 heteroatoms. The molecule has 0 bridgehead atoms. The van der Waals surface area contributed by atoms with Crippen LogP contribution in [0.1, 0.15) is 297 Å². The highest BCUT2D eigenvalue weighted by Gasteiger charge is 2.24. The highest BCUT2D eigenvalue weighted by molar-refractivity contribution is 5.77. The van der Waals surface area contributed by atoms with Crippen molar-refractivity contribution in [2.75, 3.05) is 6.61 Å². The molecule has 0 saturated carbocycles. The smallest absolute Gasteiger partial charge is 0.306 e. The summed E-state index contributed by atoms with van der Waals surface area (Å²) in [6.45, 7) is 6.48. The largest absolute Gasteiger partial charge is 0.462 e. The molecule has 366 valence electrons. The lowest BCUT2D eigenvalue weighted by Gasteiger charge is -2.24. The number of aliphatic hydroxyl groups is 2. The van der Waals surface area contributed by atoms with Crippen LogP contribution in [0.25, 0.3) is 0 Å². The van der Waals surface area contributed by atoms with Gasteiger partial charge in [0.2, 0.25) is 5.91 Å². The fourth-order valence-corrected chi connectivity index (χ4v) is 8.54. The molecule has 3 unspecified atom stereocenters. The minimum absolute atomic E-state index is 0.0744. The van der Waals surface area contributed by atoms with Gasteiger partial charge in [0, 0.05) is 6.42 Å². The number of allylic oxidation sites excluding steroid dienone is 4. The van der Waals surface area contributed by atoms with E-state index in [0.29, 0.717) is 19.3 Å². The number of amides is 1. The van der Waals surface area contributed by atoms with Gasteiger partial charge in [-0.2, -0.15) is 0 Å². The maximum Gasteiger partial charge on any atom is 0.306 e. The number of carbonyl (C=O) groups is 2. The van der Waals surface area contributed by atoms with Gasteiger partial charge in [-0.25, -0.2) is 0 Å². The lowest BCUT2D eigenvalue weighted by molar-refractivity contribution is -0.151. The van der Waals surface area contributed by atoms with E-state index in [1.54, 1.807) is 0 Å². The van der Waals surface area contributed by atoms with Crippen molar-refractivity contribution in [2.24, 2.45) is 0 Å². The summed E-state index contributed by atoms with van der Waals surface area (Å²) < 4.78 is 5.94. The molecule has 0 fully saturated rings. The Hall–Kier alpha value is -1.66. The molecule has 0 aliphatic heterocycles. The van der Waals surface area contributed by atoms with Crippen LogP contribution < -0.4 is 5.32 Å². The second-order valence-electron chi connectivity index (χ2n) is 19.0. The van der Waals surface area contributed by atoms with E-state index in [1.807, 2.05) is 0 Å². The summed E-state index contributed by atoms with van der Waals surface area (Å²) in [6.07, 6.45) is 58.1. The molecule has 0 spiro atoms. The molecule has 1 amide bonds. The lowest BCUT2D eigenvalue weighted by Crippen LogP contribution is -2.46. The maximum atomic E-state index is 13.2. The van der Waals surface area contributed by atoms with E-state index in [1.165, 1.54) is 193 Å². The van der Waals surface area contributed by atoms with Crippen molar-refractivity contribution in [3.8, 4) is 0 Å². The van der Waals surface area contributed by atoms with E-state index in [4.69, 9.17) is 4.74 Å². The quantitative estimate of drug-likeness (QED) is 0.0321. The van der Waals surface area contributed by atoms with Crippen LogP contribution in [0.5, 0.6) is 0 Å². The summed E-state index contributed by atoms with van der Waals surface area (Å²) in [5, 5.41) is 23.8. The number of rotatable bonds is 50. The number of ether oxygens (including phenoxy) is 1. The first-order valence-electron chi connectivity index (χ1n) is 27.6. The average Bonchev–Trinajstić information content (AvgIpc) is 3.26. The molecule has 0 aromatic carbocycles. The van der Waals surface area contributed by atoms with E-state index in [0.717, 1.165) is 57.8 Å². The summed E-state index contributed by atoms with van der Waals surface area (Å²) in [5.41, 5.74) is 0. The Balaban J connectivity index is 4.52. The Labute approximate surface area is 386 Å². The second-order valence-corrected chi connectivity index (χ2v) is 19.0. The van der Waals surface area contributed by atoms with E-state index >= 15 is 0 Å². The monoisotopic (exact) mass is 874 g/mol. The van der Waals surface area contributed by atoms with Gasteiger partial charge >= 0.3 is 5.97 Å². The summed E-state index contributed by atoms with van der Waals surface area (Å²) in [7, 11) is 0. The Morgan fingerprint density at radius 1 is 0.452 bits per heavy atom. The molecule has 0 saturated heterocycles. The third-order valence-corrected chi connectivity index (χ3v) is 12.8. The van der Waals surface area contributed by atoms with Crippen molar-refractivity contribution in [3.63, 3.8) is 0 Å². The Morgan fingerprint density at radius 3 is 1.16 bits per heavy atom. The molecule has 0 aromatic rings. The predicted octanol–water partition coefficient (Wildman–Crippen LogP) is 16.7. The van der Waals surface area contributed by atoms with Gasteiger partial charge in [0.1, 0.15) is 6.10 Å². The lowest BCUT2D eigenvalue weighted by atomic mass is 10.0. The first-order chi connectivity index (χ1) is 30.5. The van der Waals surface area contributed by atoms with Crippen LogP contribution in [0.3, 0.4) is 0 Å². The highest BCUT2D eigenvalue weighted by Crippen LogP contribution is 2.18. The standard InChI is InChI=1S/C56H107NO5/c1-4-7-10-13-16-19-22-25-27-30-33-36-39-42-45-48-54(59)53(51-58)57-55(60)50-52(47-44-41-38-35-32-29-24-21-18-15-12-9-6-3)62-56(61)49-46-43-40-37-34-31-28-26-23-20-17-14-11-8-5-2/h20-21,23-24,52-54,58-59H,4-19,22,25-51H2,1-3H3,(H,57,60)/b23-20-,24-21-. The van der Waals surface area contributed by atoms with Gasteiger partial charge in [-0.1, -0.05) is 231 Å². The van der Waals surface area contributed by atoms with Crippen LogP contribution in [-0.2, 0) is 14.3 Å². The molecule has 0 aromatic heterocycles. The zero-order valence-electron chi connectivity index (χ0n) is 41.8. The van der Waals surface area contributed by atoms with Gasteiger partial charge in [-0.15, -0.1) is 0 Å². The fourth-order valence-electron chi connectivity index (χ4n) is 8.54. The van der Waals surface area contributed by atoms with Crippen LogP contribution in [0, 0.1) is 0 Å². The van der Waals surface area contributed by atoms with Crippen LogP contribution in [0.4, 0.5) is 0 Å². The number of nitrogens with one attached hydrogen (secondary N) is 1. The van der Waals surface area contributed by atoms with Crippen molar-refractivity contribution in [1.29, 1.82) is 0 Å². The predicted molar refractivity (Wildman–Crippen MR) is 269 cm³/mol. The molecular weight excluding hydrogens is 767 g/mol. The minimum Gasteiger partial charge on any atom is -0.462 e. The maximum absolute atomic E-state index is 13.2. The van der Waals surface area contributed by atoms with Crippen molar-refractivity contribution in [1.82, 2.24) is 5.32 Å². The van der Waals surface area contributed by atoms with E-state index in [9.17, 15) is 19.8 Å². The van der Waals surface area contributed by atoms with Crippen LogP contribution >= 0.6 is 0 Å². The van der Waals surface area contributed by atoms with Crippen molar-refractivity contribution in [3.05, 3.63) is 24.3 Å². The first-order valence-corrected chi connectivity index (χ1v) is 27.6. The molecule has 3 N–H and O–H groups in total. The molecule has 0 heterocycles. The summed E-state index contributed by atoms with van der Waals surface area (Å²) in [6, 6.07) is -0.701. The Kier molecular flexibility index (Phi) is 49.0. The molecule has 0 aliphatic rings. The van der Waals surface area contributed by atoms with Crippen LogP contribution in [0.2, 0.25) is 0 Å². The van der Waals surface area contributed by atoms with E-state index < -0.39 is 18.2 Å². The zero-order chi connectivity index (χ0) is 45.2. The summed E-state index contributed by atoms with van der Waals surface area (Å²) in [5.74, 6) is -0.473. The average molecular weight is 874 g/mol. The van der Waals surface area contributed by atoms with Gasteiger partial charge < -0.3 is 20.3 Å². The number of unbranched alkanes of at least 4 members (excludes halogenated alkanes) is 34. The van der Waals surface area contributed by atoms with Crippen LogP contribution in [0.15, 0.2) is 24.3 Å². The summed E-state index contributed by atoms with van der Waals surface area (Å²) in [4.78, 5) is 26.2. The Bertz CT molecular complexity index is 981. The molecule has 62 heavy (non-hydrogen) atoms. The number of hydrogen-bond donors (Lipinski definition) is 3. The molecular formula is C56H107NO5. The number of esters is 1. The minimum atomic E-state index is -0.787. The van der Waals surface area contributed by atoms with Gasteiger partial charge in [-0.3, -0.25) is 9.59 Å². The third kappa shape index (κ3) is 44.9. The molecule has 3 atom stereocenters. The van der Waals surface area contributed by atoms with Gasteiger partial charge in [0.05, 0.1) is 25.2 Å². The van der Waals surface area contributed by atoms with E-state index in [-0.39, 0.29) is 24.9 Å². The van der Waals surface area contributed by atoms with Crippen molar-refractivity contribution < 1.29 is 24.5 Å². The van der Waals surface area contributed by atoms with Gasteiger partial charge in [0.25, 0.3) is 0 Å². The molecule has 6 nitrogen and oxygen atoms in total. The van der Waals surface area contributed by atoms with E-state index in [2.05, 4.69) is 50.4 Å². The van der Waals surface area contributed by atoms with Crippen LogP contribution in [-0.4, -0.2) is 46.9 Å². The number of hydrogen-bond acceptors (Lipinski definition) is 5. The first kappa shape index (κ1) is 60.3. The number of aliphatic hydroxyl groups excluding tert-OH is 2. The zero-order valence-corrected chi connectivity index (χ0v) is 41.8. The molecule has 0 radical (unpaired) electrons. The second kappa shape index (κ2) is 50.3. The topological polar surface area (TPSA) is 95.9 Å². The molecule has 0 aliphatic carbocycles. The van der Waals surface area contributed by atoms with Gasteiger partial charge in [-0.05, 0) is 77.0 Å².